The fraction of sp³-hybridized carbons (Fsp3) is 0.400. The van der Waals surface area contributed by atoms with Crippen LogP contribution in [0.5, 0.6) is 0 Å². The van der Waals surface area contributed by atoms with Gasteiger partial charge in [0.1, 0.15) is 5.82 Å². The molecule has 0 aliphatic carbocycles. The summed E-state index contributed by atoms with van der Waals surface area (Å²) in [5, 5.41) is 0. The minimum atomic E-state index is 1.05. The summed E-state index contributed by atoms with van der Waals surface area (Å²) in [7, 11) is 0. The quantitative estimate of drug-likeness (QED) is 0.567. The van der Waals surface area contributed by atoms with Crippen molar-refractivity contribution in [3.8, 4) is 0 Å². The molecule has 44 valence electrons. The Hall–Kier alpha value is -0.440. The fourth-order valence-corrected chi connectivity index (χ4v) is 1.05. The summed E-state index contributed by atoms with van der Waals surface area (Å²) in [6.07, 6.45) is 5.76. The molecule has 0 amide bonds. The van der Waals surface area contributed by atoms with Gasteiger partial charge in [0.05, 0.1) is 0 Å². The number of hydrogen-bond donors (Lipinski definition) is 0. The van der Waals surface area contributed by atoms with E-state index in [0.717, 1.165) is 5.82 Å². The maximum Gasteiger partial charge on any atom is 0.115 e. The van der Waals surface area contributed by atoms with Gasteiger partial charge in [0, 0.05) is 18.6 Å². The molecule has 1 rings (SSSR count). The van der Waals surface area contributed by atoms with Crippen LogP contribution in [0, 0.1) is 6.92 Å². The first-order chi connectivity index (χ1) is 3.84. The Kier molecular flexibility index (Phi) is 1.58. The van der Waals surface area contributed by atoms with Crippen molar-refractivity contribution in [3.05, 3.63) is 18.2 Å². The SMILES string of the molecule is CSn1ccnc1C. The summed E-state index contributed by atoms with van der Waals surface area (Å²) in [6.45, 7) is 1.98. The molecule has 2 nitrogen and oxygen atoms in total. The molecule has 1 aromatic heterocycles. The first-order valence-electron chi connectivity index (χ1n) is 2.39. The lowest BCUT2D eigenvalue weighted by atomic mass is 10.8. The van der Waals surface area contributed by atoms with Crippen molar-refractivity contribution in [1.29, 1.82) is 0 Å². The Bertz CT molecular complexity index is 171. The van der Waals surface area contributed by atoms with Gasteiger partial charge in [-0.2, -0.15) is 0 Å². The third-order valence-electron chi connectivity index (χ3n) is 0.979. The zero-order chi connectivity index (χ0) is 5.98. The van der Waals surface area contributed by atoms with E-state index in [1.165, 1.54) is 0 Å². The molecule has 0 aliphatic rings. The van der Waals surface area contributed by atoms with Crippen molar-refractivity contribution in [2.45, 2.75) is 6.92 Å². The number of hydrogen-bond acceptors (Lipinski definition) is 2. The standard InChI is InChI=1S/C5H8N2S/c1-5-6-3-4-7(5)8-2/h3-4H,1-2H3. The summed E-state index contributed by atoms with van der Waals surface area (Å²) in [6, 6.07) is 0. The number of aromatic nitrogens is 2. The minimum Gasteiger partial charge on any atom is -0.278 e. The smallest absolute Gasteiger partial charge is 0.115 e. The van der Waals surface area contributed by atoms with E-state index in [9.17, 15) is 0 Å². The fourth-order valence-electron chi connectivity index (χ4n) is 0.559. The first-order valence-corrected chi connectivity index (χ1v) is 3.57. The van der Waals surface area contributed by atoms with Crippen molar-refractivity contribution >= 4 is 11.9 Å². The Morgan fingerprint density at radius 2 is 2.50 bits per heavy atom. The van der Waals surface area contributed by atoms with Crippen LogP contribution >= 0.6 is 11.9 Å². The van der Waals surface area contributed by atoms with Crippen LogP contribution in [0.3, 0.4) is 0 Å². The highest BCUT2D eigenvalue weighted by atomic mass is 32.2. The predicted molar refractivity (Wildman–Crippen MR) is 35.9 cm³/mol. The Morgan fingerprint density at radius 1 is 1.75 bits per heavy atom. The monoisotopic (exact) mass is 128 g/mol. The van der Waals surface area contributed by atoms with Gasteiger partial charge in [-0.05, 0) is 18.9 Å². The average molecular weight is 128 g/mol. The molecular formula is C5H8N2S. The van der Waals surface area contributed by atoms with E-state index >= 15 is 0 Å². The highest BCUT2D eigenvalue weighted by Crippen LogP contribution is 2.02. The van der Waals surface area contributed by atoms with E-state index in [0.29, 0.717) is 0 Å². The number of imidazole rings is 1. The van der Waals surface area contributed by atoms with Gasteiger partial charge < -0.3 is 0 Å². The highest BCUT2D eigenvalue weighted by molar-refractivity contribution is 7.97. The van der Waals surface area contributed by atoms with Crippen molar-refractivity contribution in [1.82, 2.24) is 8.96 Å². The summed E-state index contributed by atoms with van der Waals surface area (Å²) in [4.78, 5) is 4.03. The van der Waals surface area contributed by atoms with E-state index in [-0.39, 0.29) is 0 Å². The highest BCUT2D eigenvalue weighted by Gasteiger charge is 1.89. The van der Waals surface area contributed by atoms with Gasteiger partial charge >= 0.3 is 0 Å². The van der Waals surface area contributed by atoms with Crippen LogP contribution in [-0.4, -0.2) is 15.2 Å². The van der Waals surface area contributed by atoms with Gasteiger partial charge in [-0.15, -0.1) is 0 Å². The molecule has 1 aromatic rings. The molecular weight excluding hydrogens is 120 g/mol. The van der Waals surface area contributed by atoms with Gasteiger partial charge in [-0.1, -0.05) is 0 Å². The van der Waals surface area contributed by atoms with Crippen molar-refractivity contribution in [2.75, 3.05) is 6.26 Å². The molecule has 1 heterocycles. The maximum absolute atomic E-state index is 4.03. The molecule has 0 radical (unpaired) electrons. The van der Waals surface area contributed by atoms with Gasteiger partial charge in [0.2, 0.25) is 0 Å². The van der Waals surface area contributed by atoms with Gasteiger partial charge in [-0.25, -0.2) is 4.98 Å². The zero-order valence-electron chi connectivity index (χ0n) is 4.96. The van der Waals surface area contributed by atoms with Crippen LogP contribution < -0.4 is 0 Å². The number of nitrogens with zero attached hydrogens (tertiary/aromatic N) is 2. The molecule has 3 heteroatoms. The van der Waals surface area contributed by atoms with E-state index in [4.69, 9.17) is 0 Å². The summed E-state index contributed by atoms with van der Waals surface area (Å²) >= 11 is 1.66. The molecule has 0 saturated carbocycles. The van der Waals surface area contributed by atoms with Crippen LogP contribution in [0.4, 0.5) is 0 Å². The van der Waals surface area contributed by atoms with Crippen LogP contribution in [0.1, 0.15) is 5.82 Å². The van der Waals surface area contributed by atoms with Gasteiger partial charge in [-0.3, -0.25) is 3.97 Å². The Morgan fingerprint density at radius 3 is 2.75 bits per heavy atom. The molecule has 0 aromatic carbocycles. The molecule has 0 atom stereocenters. The van der Waals surface area contributed by atoms with E-state index in [1.807, 2.05) is 23.3 Å². The van der Waals surface area contributed by atoms with Gasteiger partial charge in [0.15, 0.2) is 0 Å². The van der Waals surface area contributed by atoms with Crippen LogP contribution in [-0.2, 0) is 0 Å². The number of rotatable bonds is 1. The van der Waals surface area contributed by atoms with Crippen LogP contribution in [0.25, 0.3) is 0 Å². The first kappa shape index (κ1) is 5.69. The Balaban J connectivity index is 2.92. The Labute approximate surface area is 53.1 Å². The molecule has 0 unspecified atom stereocenters. The lowest BCUT2D eigenvalue weighted by Crippen LogP contribution is -1.84. The number of aryl methyl sites for hydroxylation is 1. The lowest BCUT2D eigenvalue weighted by Gasteiger charge is -1.93. The molecule has 8 heavy (non-hydrogen) atoms. The van der Waals surface area contributed by atoms with Crippen LogP contribution in [0.15, 0.2) is 12.4 Å². The second-order valence-corrected chi connectivity index (χ2v) is 2.24. The predicted octanol–water partition coefficient (Wildman–Crippen LogP) is 1.32. The third-order valence-corrected chi connectivity index (χ3v) is 1.76. The van der Waals surface area contributed by atoms with Crippen molar-refractivity contribution in [3.63, 3.8) is 0 Å². The largest absolute Gasteiger partial charge is 0.278 e. The third kappa shape index (κ3) is 0.865. The summed E-state index contributed by atoms with van der Waals surface area (Å²) in [5.74, 6) is 1.05. The van der Waals surface area contributed by atoms with E-state index in [2.05, 4.69) is 4.98 Å². The molecule has 0 fully saturated rings. The van der Waals surface area contributed by atoms with Gasteiger partial charge in [0.25, 0.3) is 0 Å². The van der Waals surface area contributed by atoms with Crippen molar-refractivity contribution < 1.29 is 0 Å². The van der Waals surface area contributed by atoms with Crippen molar-refractivity contribution in [2.24, 2.45) is 0 Å². The summed E-state index contributed by atoms with van der Waals surface area (Å²) in [5.41, 5.74) is 0. The molecule has 0 bridgehead atoms. The molecule has 0 spiro atoms. The second-order valence-electron chi connectivity index (χ2n) is 1.48. The van der Waals surface area contributed by atoms with E-state index < -0.39 is 0 Å². The summed E-state index contributed by atoms with van der Waals surface area (Å²) < 4.78 is 2.01. The topological polar surface area (TPSA) is 17.8 Å². The normalized spacial score (nSPS) is 9.75. The molecule has 0 aliphatic heterocycles. The molecule has 0 saturated heterocycles. The second kappa shape index (κ2) is 2.22. The zero-order valence-corrected chi connectivity index (χ0v) is 5.77. The maximum atomic E-state index is 4.03. The minimum absolute atomic E-state index is 1.05. The average Bonchev–Trinajstić information content (AvgIpc) is 2.14. The lowest BCUT2D eigenvalue weighted by molar-refractivity contribution is 1.10. The van der Waals surface area contributed by atoms with E-state index in [1.54, 1.807) is 18.1 Å². The van der Waals surface area contributed by atoms with Crippen LogP contribution in [0.2, 0.25) is 0 Å². The molecule has 0 N–H and O–H groups in total.